The molecule has 7 nitrogen and oxygen atoms in total. The molecule has 0 aliphatic heterocycles. The lowest BCUT2D eigenvalue weighted by Gasteiger charge is -2.23. The molecule has 1 aromatic carbocycles. The third-order valence-electron chi connectivity index (χ3n) is 4.03. The molecule has 0 spiro atoms. The normalized spacial score (nSPS) is 12.8. The van der Waals surface area contributed by atoms with Crippen molar-refractivity contribution in [1.82, 2.24) is 10.3 Å². The minimum Gasteiger partial charge on any atom is -0.451 e. The molecule has 0 radical (unpaired) electrons. The Kier molecular flexibility index (Phi) is 8.46. The Morgan fingerprint density at radius 2 is 1.63 bits per heavy atom. The fourth-order valence-corrected chi connectivity index (χ4v) is 2.90. The van der Waals surface area contributed by atoms with E-state index in [-0.39, 0.29) is 16.8 Å². The van der Waals surface area contributed by atoms with E-state index in [1.807, 2.05) is 0 Å². The highest BCUT2D eigenvalue weighted by atomic mass is 35.5. The second-order valence-electron chi connectivity index (χ2n) is 6.75. The van der Waals surface area contributed by atoms with Gasteiger partial charge in [-0.3, -0.25) is 9.59 Å². The third-order valence-corrected chi connectivity index (χ3v) is 4.77. The van der Waals surface area contributed by atoms with E-state index in [0.717, 1.165) is 0 Å². The SMILES string of the molecule is CC(C)[C@H](NC(=O)c1ccc(Cl)cc1)C(=O)O[C@H](C)C(=O)Nc1ncc(Cl)cc1Cl. The number of pyridine rings is 1. The number of rotatable bonds is 7. The van der Waals surface area contributed by atoms with Crippen LogP contribution in [0.1, 0.15) is 31.1 Å². The standard InChI is InChI=1S/C20H20Cl3N3O4/c1-10(2)16(25-19(28)12-4-6-13(21)7-5-12)20(29)30-11(3)18(27)26-17-15(23)8-14(22)9-24-17/h4-11,16H,1-3H3,(H,25,28)(H,24,26,27)/t11-,16+/m1/s1. The molecular weight excluding hydrogens is 453 g/mol. The lowest BCUT2D eigenvalue weighted by atomic mass is 10.0. The van der Waals surface area contributed by atoms with Crippen molar-refractivity contribution in [3.63, 3.8) is 0 Å². The van der Waals surface area contributed by atoms with E-state index >= 15 is 0 Å². The number of hydrogen-bond acceptors (Lipinski definition) is 5. The van der Waals surface area contributed by atoms with Crippen LogP contribution in [0.25, 0.3) is 0 Å². The first-order chi connectivity index (χ1) is 14.1. The molecule has 10 heteroatoms. The molecule has 160 valence electrons. The van der Waals surface area contributed by atoms with Gasteiger partial charge in [0.1, 0.15) is 6.04 Å². The lowest BCUT2D eigenvalue weighted by molar-refractivity contribution is -0.156. The van der Waals surface area contributed by atoms with Crippen molar-refractivity contribution in [2.75, 3.05) is 5.32 Å². The fraction of sp³-hybridized carbons (Fsp3) is 0.300. The second kappa shape index (κ2) is 10.6. The van der Waals surface area contributed by atoms with Gasteiger partial charge in [-0.25, -0.2) is 9.78 Å². The Bertz CT molecular complexity index is 935. The summed E-state index contributed by atoms with van der Waals surface area (Å²) in [5.74, 6) is -2.03. The van der Waals surface area contributed by atoms with E-state index in [1.165, 1.54) is 19.2 Å². The summed E-state index contributed by atoms with van der Waals surface area (Å²) in [7, 11) is 0. The highest BCUT2D eigenvalue weighted by Crippen LogP contribution is 2.22. The van der Waals surface area contributed by atoms with Crippen LogP contribution in [-0.2, 0) is 14.3 Å². The summed E-state index contributed by atoms with van der Waals surface area (Å²) in [5.41, 5.74) is 0.340. The molecule has 2 rings (SSSR count). The summed E-state index contributed by atoms with van der Waals surface area (Å²) < 4.78 is 5.24. The monoisotopic (exact) mass is 471 g/mol. The Morgan fingerprint density at radius 1 is 1.00 bits per heavy atom. The molecule has 2 amide bonds. The van der Waals surface area contributed by atoms with Gasteiger partial charge in [0.15, 0.2) is 11.9 Å². The van der Waals surface area contributed by atoms with Crippen LogP contribution < -0.4 is 10.6 Å². The summed E-state index contributed by atoms with van der Waals surface area (Å²) in [6.07, 6.45) is 0.167. The number of carbonyl (C=O) groups excluding carboxylic acids is 3. The maximum Gasteiger partial charge on any atom is 0.329 e. The molecule has 1 heterocycles. The van der Waals surface area contributed by atoms with E-state index in [4.69, 9.17) is 39.5 Å². The number of anilines is 1. The number of nitrogens with one attached hydrogen (secondary N) is 2. The molecule has 0 aliphatic carbocycles. The van der Waals surface area contributed by atoms with Gasteiger partial charge in [-0.15, -0.1) is 0 Å². The van der Waals surface area contributed by atoms with E-state index in [9.17, 15) is 14.4 Å². The van der Waals surface area contributed by atoms with Crippen molar-refractivity contribution in [2.45, 2.75) is 32.9 Å². The van der Waals surface area contributed by atoms with E-state index < -0.39 is 29.9 Å². The predicted octanol–water partition coefficient (Wildman–Crippen LogP) is 4.37. The van der Waals surface area contributed by atoms with Gasteiger partial charge in [0, 0.05) is 16.8 Å². The summed E-state index contributed by atoms with van der Waals surface area (Å²) in [6.45, 7) is 4.89. The van der Waals surface area contributed by atoms with Gasteiger partial charge in [-0.1, -0.05) is 48.7 Å². The quantitative estimate of drug-likeness (QED) is 0.583. The molecule has 0 bridgehead atoms. The Hall–Kier alpha value is -2.35. The lowest BCUT2D eigenvalue weighted by Crippen LogP contribution is -2.47. The zero-order chi connectivity index (χ0) is 22.4. The molecule has 2 aromatic rings. The van der Waals surface area contributed by atoms with Crippen molar-refractivity contribution in [1.29, 1.82) is 0 Å². The maximum absolute atomic E-state index is 12.6. The molecule has 0 saturated heterocycles. The van der Waals surface area contributed by atoms with Crippen molar-refractivity contribution >= 4 is 58.4 Å². The first-order valence-electron chi connectivity index (χ1n) is 8.97. The van der Waals surface area contributed by atoms with Gasteiger partial charge in [0.25, 0.3) is 11.8 Å². The van der Waals surface area contributed by atoms with E-state index in [2.05, 4.69) is 15.6 Å². The molecule has 2 N–H and O–H groups in total. The number of aromatic nitrogens is 1. The Balaban J connectivity index is 2.01. The van der Waals surface area contributed by atoms with Gasteiger partial charge in [0.05, 0.1) is 10.0 Å². The van der Waals surface area contributed by atoms with Crippen molar-refractivity contribution in [3.05, 3.63) is 57.2 Å². The zero-order valence-corrected chi connectivity index (χ0v) is 18.7. The van der Waals surface area contributed by atoms with Gasteiger partial charge < -0.3 is 15.4 Å². The Labute approximate surface area is 189 Å². The first-order valence-corrected chi connectivity index (χ1v) is 10.1. The topological polar surface area (TPSA) is 97.4 Å². The van der Waals surface area contributed by atoms with Crippen LogP contribution in [0, 0.1) is 5.92 Å². The van der Waals surface area contributed by atoms with Crippen LogP contribution in [0.3, 0.4) is 0 Å². The molecular formula is C20H20Cl3N3O4. The maximum atomic E-state index is 12.6. The molecule has 0 unspecified atom stereocenters. The van der Waals surface area contributed by atoms with Crippen LogP contribution >= 0.6 is 34.8 Å². The molecule has 0 fully saturated rings. The van der Waals surface area contributed by atoms with Crippen LogP contribution in [-0.4, -0.2) is 34.9 Å². The molecule has 1 aromatic heterocycles. The fourth-order valence-electron chi connectivity index (χ4n) is 2.35. The van der Waals surface area contributed by atoms with Crippen molar-refractivity contribution < 1.29 is 19.1 Å². The minimum absolute atomic E-state index is 0.0883. The van der Waals surface area contributed by atoms with Crippen molar-refractivity contribution in [2.24, 2.45) is 5.92 Å². The summed E-state index contributed by atoms with van der Waals surface area (Å²) in [4.78, 5) is 41.3. The number of benzene rings is 1. The predicted molar refractivity (Wildman–Crippen MR) is 116 cm³/mol. The highest BCUT2D eigenvalue weighted by Gasteiger charge is 2.29. The number of nitrogens with zero attached hydrogens (tertiary/aromatic N) is 1. The van der Waals surface area contributed by atoms with E-state index in [0.29, 0.717) is 15.6 Å². The van der Waals surface area contributed by atoms with Crippen LogP contribution in [0.5, 0.6) is 0 Å². The first kappa shape index (κ1) is 23.9. The Morgan fingerprint density at radius 3 is 2.20 bits per heavy atom. The average Bonchev–Trinajstić information content (AvgIpc) is 2.68. The number of ether oxygens (including phenoxy) is 1. The third kappa shape index (κ3) is 6.58. The summed E-state index contributed by atoms with van der Waals surface area (Å²) >= 11 is 17.6. The second-order valence-corrected chi connectivity index (χ2v) is 8.03. The number of esters is 1. The highest BCUT2D eigenvalue weighted by molar-refractivity contribution is 6.36. The van der Waals surface area contributed by atoms with Crippen LogP contribution in [0.2, 0.25) is 15.1 Å². The minimum atomic E-state index is -1.15. The molecule has 30 heavy (non-hydrogen) atoms. The number of halogens is 3. The van der Waals surface area contributed by atoms with E-state index in [1.54, 1.807) is 38.1 Å². The van der Waals surface area contributed by atoms with Crippen LogP contribution in [0.4, 0.5) is 5.82 Å². The average molecular weight is 473 g/mol. The van der Waals surface area contributed by atoms with Gasteiger partial charge in [-0.05, 0) is 43.2 Å². The largest absolute Gasteiger partial charge is 0.451 e. The van der Waals surface area contributed by atoms with Gasteiger partial charge >= 0.3 is 5.97 Å². The van der Waals surface area contributed by atoms with Crippen molar-refractivity contribution in [3.8, 4) is 0 Å². The van der Waals surface area contributed by atoms with Gasteiger partial charge in [-0.2, -0.15) is 0 Å². The number of carbonyl (C=O) groups is 3. The summed E-state index contributed by atoms with van der Waals surface area (Å²) in [6, 6.07) is 6.69. The van der Waals surface area contributed by atoms with Gasteiger partial charge in [0.2, 0.25) is 0 Å². The zero-order valence-electron chi connectivity index (χ0n) is 16.4. The summed E-state index contributed by atoms with van der Waals surface area (Å²) in [5, 5.41) is 6.03. The smallest absolute Gasteiger partial charge is 0.329 e. The number of amides is 2. The molecule has 0 aliphatic rings. The molecule has 0 saturated carbocycles. The molecule has 2 atom stereocenters. The van der Waals surface area contributed by atoms with Crippen LogP contribution in [0.15, 0.2) is 36.5 Å². The number of hydrogen-bond donors (Lipinski definition) is 2.